The first kappa shape index (κ1) is 31.4. The summed E-state index contributed by atoms with van der Waals surface area (Å²) in [6.07, 6.45) is 4.60. The Morgan fingerprint density at radius 2 is 1.79 bits per heavy atom. The number of aliphatic hydroxyl groups excluding tert-OH is 1. The van der Waals surface area contributed by atoms with Crippen LogP contribution in [0.5, 0.6) is 17.2 Å². The van der Waals surface area contributed by atoms with Crippen molar-refractivity contribution in [3.8, 4) is 17.2 Å². The number of rotatable bonds is 15. The summed E-state index contributed by atoms with van der Waals surface area (Å²) >= 11 is 0. The third-order valence-electron chi connectivity index (χ3n) is 8.07. The zero-order valence-electron chi connectivity index (χ0n) is 25.8. The maximum atomic E-state index is 13.6. The number of nitrogens with zero attached hydrogens (tertiary/aromatic N) is 2. The van der Waals surface area contributed by atoms with Crippen molar-refractivity contribution >= 4 is 17.4 Å². The van der Waals surface area contributed by atoms with Crippen LogP contribution < -0.4 is 14.2 Å². The molecule has 0 saturated carbocycles. The maximum Gasteiger partial charge on any atom is 0.295 e. The molecule has 8 nitrogen and oxygen atoms in total. The van der Waals surface area contributed by atoms with Crippen molar-refractivity contribution in [3.05, 3.63) is 58.7 Å². The number of aliphatic hydroxyl groups is 1. The summed E-state index contributed by atoms with van der Waals surface area (Å²) in [7, 11) is 0. The molecule has 0 aliphatic carbocycles. The van der Waals surface area contributed by atoms with Gasteiger partial charge in [0.25, 0.3) is 11.7 Å². The van der Waals surface area contributed by atoms with Crippen LogP contribution in [0.25, 0.3) is 5.76 Å². The van der Waals surface area contributed by atoms with Crippen LogP contribution in [0.2, 0.25) is 0 Å². The lowest BCUT2D eigenvalue weighted by Gasteiger charge is -2.27. The minimum absolute atomic E-state index is 0.0495. The second-order valence-electron chi connectivity index (χ2n) is 11.0. The molecule has 1 saturated heterocycles. The standard InChI is InChI=1S/C34H46N2O6/c1-6-10-11-19-41-28-16-13-24(22-29(28)40-9-4)31-30(32(37)25-14-15-27-26(21-25)20-23(5)42-27)33(38)34(39)36(31)18-12-17-35(7-2)8-3/h13-16,21-23,31,37H,6-12,17-20H2,1-5H3/t23-,31-/m1/s1. The molecule has 1 fully saturated rings. The molecule has 0 radical (unpaired) electrons. The van der Waals surface area contributed by atoms with Crippen molar-refractivity contribution in [2.24, 2.45) is 0 Å². The van der Waals surface area contributed by atoms with Crippen LogP contribution in [-0.4, -0.2) is 72.1 Å². The molecule has 2 aliphatic heterocycles. The van der Waals surface area contributed by atoms with E-state index in [2.05, 4.69) is 25.7 Å². The van der Waals surface area contributed by atoms with Crippen molar-refractivity contribution < 1.29 is 28.9 Å². The smallest absolute Gasteiger partial charge is 0.295 e. The van der Waals surface area contributed by atoms with Crippen LogP contribution >= 0.6 is 0 Å². The number of unbranched alkanes of at least 4 members (excludes halogenated alkanes) is 2. The molecule has 2 heterocycles. The predicted octanol–water partition coefficient (Wildman–Crippen LogP) is 6.13. The number of benzene rings is 2. The third kappa shape index (κ3) is 6.92. The van der Waals surface area contributed by atoms with Gasteiger partial charge in [-0.3, -0.25) is 9.59 Å². The Morgan fingerprint density at radius 3 is 2.50 bits per heavy atom. The largest absolute Gasteiger partial charge is 0.507 e. The topological polar surface area (TPSA) is 88.5 Å². The average molecular weight is 579 g/mol. The number of likely N-dealkylation sites (tertiary alicyclic amines) is 1. The van der Waals surface area contributed by atoms with E-state index in [9.17, 15) is 14.7 Å². The molecule has 2 aliphatic rings. The van der Waals surface area contributed by atoms with Crippen LogP contribution in [0.1, 0.15) is 83.0 Å². The molecular formula is C34H46N2O6. The van der Waals surface area contributed by atoms with E-state index in [-0.39, 0.29) is 17.4 Å². The molecule has 0 spiro atoms. The molecule has 42 heavy (non-hydrogen) atoms. The fourth-order valence-electron chi connectivity index (χ4n) is 5.80. The Hall–Kier alpha value is -3.52. The molecule has 0 bridgehead atoms. The van der Waals surface area contributed by atoms with E-state index < -0.39 is 17.7 Å². The van der Waals surface area contributed by atoms with Crippen molar-refractivity contribution in [2.45, 2.75) is 78.9 Å². The highest BCUT2D eigenvalue weighted by molar-refractivity contribution is 6.46. The zero-order chi connectivity index (χ0) is 30.2. The van der Waals surface area contributed by atoms with Gasteiger partial charge in [-0.05, 0) is 87.8 Å². The van der Waals surface area contributed by atoms with Gasteiger partial charge in [-0.2, -0.15) is 0 Å². The molecule has 228 valence electrons. The molecule has 8 heteroatoms. The summed E-state index contributed by atoms with van der Waals surface area (Å²) in [5.74, 6) is 0.514. The fourth-order valence-corrected chi connectivity index (χ4v) is 5.80. The third-order valence-corrected chi connectivity index (χ3v) is 8.07. The molecule has 4 rings (SSSR count). The number of ether oxygens (including phenoxy) is 3. The highest BCUT2D eigenvalue weighted by Gasteiger charge is 2.46. The van der Waals surface area contributed by atoms with E-state index in [0.29, 0.717) is 48.8 Å². The van der Waals surface area contributed by atoms with Gasteiger partial charge in [0.05, 0.1) is 24.8 Å². The normalized spacial score (nSPS) is 19.3. The molecular weight excluding hydrogens is 532 g/mol. The van der Waals surface area contributed by atoms with Gasteiger partial charge >= 0.3 is 0 Å². The van der Waals surface area contributed by atoms with Crippen LogP contribution in [-0.2, 0) is 16.0 Å². The van der Waals surface area contributed by atoms with Gasteiger partial charge in [-0.1, -0.05) is 39.7 Å². The van der Waals surface area contributed by atoms with Crippen molar-refractivity contribution in [3.63, 3.8) is 0 Å². The summed E-state index contributed by atoms with van der Waals surface area (Å²) in [5, 5.41) is 11.6. The molecule has 2 aromatic carbocycles. The maximum absolute atomic E-state index is 13.6. The van der Waals surface area contributed by atoms with Crippen LogP contribution in [0.4, 0.5) is 0 Å². The number of fused-ring (bicyclic) bond motifs is 1. The lowest BCUT2D eigenvalue weighted by molar-refractivity contribution is -0.140. The summed E-state index contributed by atoms with van der Waals surface area (Å²) in [6.45, 7) is 14.3. The predicted molar refractivity (Wildman–Crippen MR) is 164 cm³/mol. The molecule has 0 aromatic heterocycles. The van der Waals surface area contributed by atoms with Crippen LogP contribution in [0.3, 0.4) is 0 Å². The highest BCUT2D eigenvalue weighted by Crippen LogP contribution is 2.43. The van der Waals surface area contributed by atoms with Gasteiger partial charge in [0, 0.05) is 18.5 Å². The Morgan fingerprint density at radius 1 is 1.00 bits per heavy atom. The summed E-state index contributed by atoms with van der Waals surface area (Å²) in [5.41, 5.74) is 2.26. The minimum atomic E-state index is -0.751. The van der Waals surface area contributed by atoms with E-state index >= 15 is 0 Å². The Labute approximate surface area is 250 Å². The second kappa shape index (κ2) is 14.6. The van der Waals surface area contributed by atoms with Gasteiger partial charge < -0.3 is 29.1 Å². The Kier molecular flexibility index (Phi) is 10.9. The first-order chi connectivity index (χ1) is 20.3. The first-order valence-electron chi connectivity index (χ1n) is 15.5. The number of ketones is 1. The SMILES string of the molecule is CCCCCOc1ccc([C@@H]2C(=C(O)c3ccc4c(c3)C[C@@H](C)O4)C(=O)C(=O)N2CCCN(CC)CC)cc1OCC. The molecule has 1 N–H and O–H groups in total. The van der Waals surface area contributed by atoms with Crippen molar-refractivity contribution in [1.29, 1.82) is 0 Å². The van der Waals surface area contributed by atoms with Gasteiger partial charge in [0.15, 0.2) is 11.5 Å². The molecule has 2 atom stereocenters. The van der Waals surface area contributed by atoms with E-state index in [1.54, 1.807) is 11.0 Å². The van der Waals surface area contributed by atoms with E-state index in [1.165, 1.54) is 0 Å². The van der Waals surface area contributed by atoms with Crippen LogP contribution in [0.15, 0.2) is 42.0 Å². The number of hydrogen-bond donors (Lipinski definition) is 1. The minimum Gasteiger partial charge on any atom is -0.507 e. The first-order valence-corrected chi connectivity index (χ1v) is 15.5. The van der Waals surface area contributed by atoms with Gasteiger partial charge in [0.2, 0.25) is 0 Å². The quantitative estimate of drug-likeness (QED) is 0.118. The summed E-state index contributed by atoms with van der Waals surface area (Å²) < 4.78 is 17.8. The van der Waals surface area contributed by atoms with E-state index in [0.717, 1.165) is 56.6 Å². The fraction of sp³-hybridized carbons (Fsp3) is 0.529. The highest BCUT2D eigenvalue weighted by atomic mass is 16.5. The van der Waals surface area contributed by atoms with E-state index in [1.807, 2.05) is 44.2 Å². The lowest BCUT2D eigenvalue weighted by Crippen LogP contribution is -2.33. The number of Topliss-reactive ketones (excluding diaryl/α,β-unsaturated/α-hetero) is 1. The molecule has 1 amide bonds. The number of carbonyl (C=O) groups excluding carboxylic acids is 2. The number of carbonyl (C=O) groups is 2. The zero-order valence-corrected chi connectivity index (χ0v) is 25.8. The monoisotopic (exact) mass is 578 g/mol. The second-order valence-corrected chi connectivity index (χ2v) is 11.0. The lowest BCUT2D eigenvalue weighted by atomic mass is 9.94. The van der Waals surface area contributed by atoms with Gasteiger partial charge in [0.1, 0.15) is 17.6 Å². The Balaban J connectivity index is 1.74. The number of hydrogen-bond acceptors (Lipinski definition) is 7. The van der Waals surface area contributed by atoms with Gasteiger partial charge in [-0.25, -0.2) is 0 Å². The van der Waals surface area contributed by atoms with E-state index in [4.69, 9.17) is 14.2 Å². The van der Waals surface area contributed by atoms with Crippen LogP contribution in [0, 0.1) is 0 Å². The van der Waals surface area contributed by atoms with Gasteiger partial charge in [-0.15, -0.1) is 0 Å². The van der Waals surface area contributed by atoms with Crippen molar-refractivity contribution in [2.75, 3.05) is 39.4 Å². The number of amides is 1. The molecule has 2 aromatic rings. The summed E-state index contributed by atoms with van der Waals surface area (Å²) in [4.78, 5) is 31.0. The average Bonchev–Trinajstić information content (AvgIpc) is 3.48. The Bertz CT molecular complexity index is 1280. The summed E-state index contributed by atoms with van der Waals surface area (Å²) in [6, 6.07) is 10.2. The van der Waals surface area contributed by atoms with Crippen molar-refractivity contribution in [1.82, 2.24) is 9.80 Å². The molecule has 0 unspecified atom stereocenters.